The van der Waals surface area contributed by atoms with E-state index in [0.29, 0.717) is 12.8 Å². The van der Waals surface area contributed by atoms with Crippen LogP contribution in [0.25, 0.3) is 0 Å². The fourth-order valence-electron chi connectivity index (χ4n) is 3.97. The number of terminal acetylenes is 1. The number of aromatic nitrogens is 1. The van der Waals surface area contributed by atoms with Crippen molar-refractivity contribution < 1.29 is 36.6 Å². The van der Waals surface area contributed by atoms with Gasteiger partial charge in [0.15, 0.2) is 5.01 Å². The number of hydrogen-bond donors (Lipinski definition) is 0. The number of hydrogen-bond acceptors (Lipinski definition) is 7. The van der Waals surface area contributed by atoms with Crippen molar-refractivity contribution in [1.29, 1.82) is 0 Å². The highest BCUT2D eigenvalue weighted by molar-refractivity contribution is 7.10. The molecule has 0 N–H and O–H groups in total. The zero-order valence-electron chi connectivity index (χ0n) is 22.2. The maximum Gasteiger partial charge on any atom is 0.573 e. The van der Waals surface area contributed by atoms with Crippen LogP contribution in [0.2, 0.25) is 0 Å². The molecule has 0 aliphatic heterocycles. The van der Waals surface area contributed by atoms with Gasteiger partial charge in [-0.15, -0.1) is 30.9 Å². The Labute approximate surface area is 233 Å². The van der Waals surface area contributed by atoms with E-state index in [0.717, 1.165) is 33.9 Å². The van der Waals surface area contributed by atoms with Gasteiger partial charge in [0.05, 0.1) is 18.8 Å². The molecule has 3 aromatic rings. The van der Waals surface area contributed by atoms with Crippen molar-refractivity contribution in [3.05, 3.63) is 69.9 Å². The summed E-state index contributed by atoms with van der Waals surface area (Å²) in [6, 6.07) is 8.13. The predicted molar refractivity (Wildman–Crippen MR) is 143 cm³/mol. The van der Waals surface area contributed by atoms with Crippen molar-refractivity contribution in [3.8, 4) is 23.8 Å². The van der Waals surface area contributed by atoms with Crippen LogP contribution in [0.1, 0.15) is 41.3 Å². The molecule has 12 heteroatoms. The van der Waals surface area contributed by atoms with E-state index in [2.05, 4.69) is 15.6 Å². The van der Waals surface area contributed by atoms with E-state index in [1.807, 2.05) is 18.7 Å². The van der Waals surface area contributed by atoms with E-state index in [1.54, 1.807) is 19.2 Å². The Bertz CT molecular complexity index is 1380. The third-order valence-electron chi connectivity index (χ3n) is 6.24. The fraction of sp³-hybridized carbons (Fsp3) is 0.321. The van der Waals surface area contributed by atoms with Gasteiger partial charge in [-0.05, 0) is 50.9 Å². The molecular weight excluding hydrogens is 550 g/mol. The number of methoxy groups -OCH3 is 1. The molecule has 212 valence electrons. The zero-order valence-corrected chi connectivity index (χ0v) is 23.0. The Kier molecular flexibility index (Phi) is 9.55. The molecule has 0 spiro atoms. The van der Waals surface area contributed by atoms with Crippen LogP contribution in [0.4, 0.5) is 23.2 Å². The quantitative estimate of drug-likeness (QED) is 0.166. The van der Waals surface area contributed by atoms with Crippen LogP contribution < -0.4 is 14.4 Å². The topological polar surface area (TPSA) is 72.0 Å². The maximum atomic E-state index is 13.7. The van der Waals surface area contributed by atoms with E-state index >= 15 is 0 Å². The first-order valence-electron chi connectivity index (χ1n) is 11.9. The summed E-state index contributed by atoms with van der Waals surface area (Å²) in [6.07, 6.45) is 0.996. The lowest BCUT2D eigenvalue weighted by molar-refractivity contribution is -0.274. The number of amides is 1. The highest BCUT2D eigenvalue weighted by Crippen LogP contribution is 2.35. The molecule has 2 aromatic carbocycles. The zero-order chi connectivity index (χ0) is 29.7. The van der Waals surface area contributed by atoms with Gasteiger partial charge in [0, 0.05) is 35.7 Å². The number of nitrogens with zero attached hydrogens (tertiary/aromatic N) is 3. The largest absolute Gasteiger partial charge is 0.573 e. The van der Waals surface area contributed by atoms with Crippen molar-refractivity contribution in [2.24, 2.45) is 0 Å². The predicted octanol–water partition coefficient (Wildman–Crippen LogP) is 5.69. The molecule has 0 aliphatic carbocycles. The number of halogens is 4. The molecule has 0 saturated carbocycles. The van der Waals surface area contributed by atoms with Crippen LogP contribution in [0.3, 0.4) is 0 Å². The van der Waals surface area contributed by atoms with E-state index in [-0.39, 0.29) is 34.4 Å². The number of carbonyl (C=O) groups excluding carboxylic acids is 2. The van der Waals surface area contributed by atoms with Crippen molar-refractivity contribution in [2.45, 2.75) is 44.8 Å². The third-order valence-corrected chi connectivity index (χ3v) is 7.02. The minimum Gasteiger partial charge on any atom is -0.497 e. The second-order valence-corrected chi connectivity index (χ2v) is 10.3. The van der Waals surface area contributed by atoms with Gasteiger partial charge in [-0.1, -0.05) is 12.1 Å². The summed E-state index contributed by atoms with van der Waals surface area (Å²) in [4.78, 5) is 33.4. The number of ether oxygens (including phenoxy) is 2. The normalized spacial score (nSPS) is 12.5. The summed E-state index contributed by atoms with van der Waals surface area (Å²) in [6.45, 7) is 4.09. The summed E-state index contributed by atoms with van der Waals surface area (Å²) in [5, 5.41) is 1.63. The van der Waals surface area contributed by atoms with Crippen LogP contribution in [-0.4, -0.2) is 54.2 Å². The number of alkyl halides is 3. The summed E-state index contributed by atoms with van der Waals surface area (Å²) in [5.74, 6) is 0.533. The minimum atomic E-state index is -5.01. The van der Waals surface area contributed by atoms with Crippen molar-refractivity contribution in [1.82, 2.24) is 9.88 Å². The van der Waals surface area contributed by atoms with Gasteiger partial charge in [-0.3, -0.25) is 14.6 Å². The van der Waals surface area contributed by atoms with Crippen LogP contribution in [-0.2, 0) is 11.3 Å². The Morgan fingerprint density at radius 1 is 1.18 bits per heavy atom. The van der Waals surface area contributed by atoms with E-state index in [9.17, 15) is 27.2 Å². The molecular formula is C28H27F4N3O4S. The van der Waals surface area contributed by atoms with Crippen LogP contribution in [0.15, 0.2) is 47.8 Å². The number of anilines is 1. The number of benzene rings is 2. The summed E-state index contributed by atoms with van der Waals surface area (Å²) >= 11 is 1.03. The number of rotatable bonds is 11. The molecule has 1 heterocycles. The van der Waals surface area contributed by atoms with Crippen molar-refractivity contribution in [3.63, 3.8) is 0 Å². The number of thiazole rings is 1. The van der Waals surface area contributed by atoms with Gasteiger partial charge < -0.3 is 14.3 Å². The van der Waals surface area contributed by atoms with Gasteiger partial charge >= 0.3 is 6.36 Å². The Hall–Kier alpha value is -3.95. The number of carbonyl (C=O) groups is 2. The lowest BCUT2D eigenvalue weighted by Crippen LogP contribution is -2.50. The molecule has 0 bridgehead atoms. The molecule has 1 atom stereocenters. The second-order valence-electron chi connectivity index (χ2n) is 9.47. The lowest BCUT2D eigenvalue weighted by atomic mass is 9.92. The third kappa shape index (κ3) is 7.80. The fourth-order valence-corrected chi connectivity index (χ4v) is 4.57. The Morgan fingerprint density at radius 2 is 1.82 bits per heavy atom. The molecule has 7 nitrogen and oxygen atoms in total. The summed E-state index contributed by atoms with van der Waals surface area (Å²) in [7, 11) is 3.05. The maximum absolute atomic E-state index is 13.7. The van der Waals surface area contributed by atoms with Crippen molar-refractivity contribution >= 4 is 29.2 Å². The molecule has 0 aliphatic rings. The highest BCUT2D eigenvalue weighted by Gasteiger charge is 2.36. The highest BCUT2D eigenvalue weighted by atomic mass is 32.1. The Balaban J connectivity index is 2.04. The SMILES string of the molecule is C#Cc1nc(C(=O)N(c2cc(OC)cc(OC(F)(F)F)c2)C(C=O)CC(C)(C)N(C)Cc2ccc(F)cc2)cs1. The molecule has 0 radical (unpaired) electrons. The molecule has 0 fully saturated rings. The smallest absolute Gasteiger partial charge is 0.497 e. The second kappa shape index (κ2) is 12.5. The van der Waals surface area contributed by atoms with Crippen LogP contribution in [0, 0.1) is 18.2 Å². The monoisotopic (exact) mass is 577 g/mol. The standard InChI is InChI=1S/C28H27F4N3O4S/c1-6-25-33-24(17-40-25)26(37)35(20-11-22(38-5)13-23(12-20)39-28(30,31)32)21(16-36)14-27(2,3)34(4)15-18-7-9-19(29)10-8-18/h1,7-13,16-17,21H,14-15H2,2-5H3. The first kappa shape index (κ1) is 30.6. The van der Waals surface area contributed by atoms with Crippen LogP contribution >= 0.6 is 11.3 Å². The van der Waals surface area contributed by atoms with Gasteiger partial charge in [0.2, 0.25) is 0 Å². The molecule has 0 saturated heterocycles. The minimum absolute atomic E-state index is 0.0329. The van der Waals surface area contributed by atoms with Gasteiger partial charge in [0.1, 0.15) is 29.3 Å². The van der Waals surface area contributed by atoms with Gasteiger partial charge in [-0.25, -0.2) is 9.37 Å². The van der Waals surface area contributed by atoms with Gasteiger partial charge in [0.25, 0.3) is 5.91 Å². The summed E-state index contributed by atoms with van der Waals surface area (Å²) in [5.41, 5.74) is -0.0655. The molecule has 1 aromatic heterocycles. The van der Waals surface area contributed by atoms with Crippen LogP contribution in [0.5, 0.6) is 11.5 Å². The summed E-state index contributed by atoms with van der Waals surface area (Å²) < 4.78 is 61.8. The van der Waals surface area contributed by atoms with Gasteiger partial charge in [-0.2, -0.15) is 0 Å². The van der Waals surface area contributed by atoms with E-state index in [4.69, 9.17) is 11.2 Å². The molecule has 1 unspecified atom stereocenters. The van der Waals surface area contributed by atoms with E-state index < -0.39 is 29.6 Å². The average molecular weight is 578 g/mol. The van der Waals surface area contributed by atoms with Crippen molar-refractivity contribution in [2.75, 3.05) is 19.1 Å². The first-order chi connectivity index (χ1) is 18.8. The molecule has 3 rings (SSSR count). The Morgan fingerprint density at radius 3 is 2.38 bits per heavy atom. The lowest BCUT2D eigenvalue weighted by Gasteiger charge is -2.40. The molecule has 1 amide bonds. The number of aldehydes is 1. The van der Waals surface area contributed by atoms with E-state index in [1.165, 1.54) is 30.7 Å². The molecule has 40 heavy (non-hydrogen) atoms. The average Bonchev–Trinajstić information content (AvgIpc) is 3.37. The first-order valence-corrected chi connectivity index (χ1v) is 12.8.